The lowest BCUT2D eigenvalue weighted by Crippen LogP contribution is -2.50. The van der Waals surface area contributed by atoms with Crippen LogP contribution in [0.3, 0.4) is 0 Å². The molecule has 3 atom stereocenters. The number of nitrogens with zero attached hydrogens (tertiary/aromatic N) is 2. The SMILES string of the molecule is C[C@H](CO)N1C[C@H](C)[C@H](CN(C)S(=O)(=O)c2ccc(Cl)cc2)Oc2ccc(NC(=O)Nc3ccccc3)cc2C1=O. The number of aliphatic hydroxyl groups is 1. The highest BCUT2D eigenvalue weighted by molar-refractivity contribution is 7.89. The number of fused-ring (bicyclic) bond motifs is 1. The number of amides is 3. The number of benzene rings is 3. The number of likely N-dealkylation sites (N-methyl/N-ethyl adjacent to an activating group) is 1. The fourth-order valence-corrected chi connectivity index (χ4v) is 5.78. The largest absolute Gasteiger partial charge is 0.488 e. The van der Waals surface area contributed by atoms with Crippen LogP contribution >= 0.6 is 11.6 Å². The first-order valence-electron chi connectivity index (χ1n) is 13.1. The van der Waals surface area contributed by atoms with Crippen LogP contribution in [-0.4, -0.2) is 73.6 Å². The van der Waals surface area contributed by atoms with Gasteiger partial charge < -0.3 is 25.4 Å². The van der Waals surface area contributed by atoms with Crippen LogP contribution in [0.4, 0.5) is 16.2 Å². The average Bonchev–Trinajstić information content (AvgIpc) is 2.95. The molecular weight excluding hydrogens is 568 g/mol. The monoisotopic (exact) mass is 600 g/mol. The Hall–Kier alpha value is -3.64. The van der Waals surface area contributed by atoms with Crippen LogP contribution in [-0.2, 0) is 10.0 Å². The molecule has 0 saturated heterocycles. The summed E-state index contributed by atoms with van der Waals surface area (Å²) >= 11 is 5.93. The van der Waals surface area contributed by atoms with Crippen LogP contribution in [0.25, 0.3) is 0 Å². The van der Waals surface area contributed by atoms with E-state index in [0.717, 1.165) is 0 Å². The number of hydrogen-bond acceptors (Lipinski definition) is 6. The number of nitrogens with one attached hydrogen (secondary N) is 2. The summed E-state index contributed by atoms with van der Waals surface area (Å²) in [7, 11) is -2.38. The molecule has 0 fully saturated rings. The molecule has 3 amide bonds. The molecule has 3 aromatic carbocycles. The van der Waals surface area contributed by atoms with Gasteiger partial charge in [0.05, 0.1) is 29.7 Å². The zero-order chi connectivity index (χ0) is 29.7. The molecule has 12 heteroatoms. The fraction of sp³-hybridized carbons (Fsp3) is 0.310. The molecule has 0 aliphatic carbocycles. The van der Waals surface area contributed by atoms with E-state index in [1.54, 1.807) is 48.2 Å². The number of rotatable bonds is 8. The molecule has 3 N–H and O–H groups in total. The van der Waals surface area contributed by atoms with Crippen LogP contribution < -0.4 is 15.4 Å². The zero-order valence-electron chi connectivity index (χ0n) is 23.0. The highest BCUT2D eigenvalue weighted by Gasteiger charge is 2.35. The van der Waals surface area contributed by atoms with Gasteiger partial charge in [-0.1, -0.05) is 36.7 Å². The van der Waals surface area contributed by atoms with Crippen LogP contribution in [0, 0.1) is 5.92 Å². The predicted molar refractivity (Wildman–Crippen MR) is 158 cm³/mol. The van der Waals surface area contributed by atoms with Gasteiger partial charge in [0.25, 0.3) is 5.91 Å². The molecule has 0 spiro atoms. The number of sulfonamides is 1. The second-order valence-corrected chi connectivity index (χ2v) is 12.5. The summed E-state index contributed by atoms with van der Waals surface area (Å²) < 4.78 is 34.0. The van der Waals surface area contributed by atoms with Crippen LogP contribution in [0.1, 0.15) is 24.2 Å². The predicted octanol–water partition coefficient (Wildman–Crippen LogP) is 4.52. The number of urea groups is 1. The minimum Gasteiger partial charge on any atom is -0.488 e. The first-order chi connectivity index (χ1) is 19.5. The second-order valence-electron chi connectivity index (χ2n) is 10.0. The van der Waals surface area contributed by atoms with Crippen LogP contribution in [0.2, 0.25) is 5.02 Å². The van der Waals surface area contributed by atoms with Gasteiger partial charge in [-0.25, -0.2) is 13.2 Å². The Morgan fingerprint density at radius 1 is 1.10 bits per heavy atom. The molecule has 3 aromatic rings. The third-order valence-corrected chi connectivity index (χ3v) is 9.00. The van der Waals surface area contributed by atoms with Gasteiger partial charge in [-0.3, -0.25) is 4.79 Å². The zero-order valence-corrected chi connectivity index (χ0v) is 24.5. The molecule has 4 rings (SSSR count). The van der Waals surface area contributed by atoms with E-state index in [0.29, 0.717) is 16.4 Å². The van der Waals surface area contributed by atoms with Crippen molar-refractivity contribution in [2.75, 3.05) is 37.4 Å². The summed E-state index contributed by atoms with van der Waals surface area (Å²) in [5, 5.41) is 15.8. The third-order valence-electron chi connectivity index (χ3n) is 6.91. The first kappa shape index (κ1) is 30.3. The molecule has 1 aliphatic rings. The average molecular weight is 601 g/mol. The molecule has 1 heterocycles. The Morgan fingerprint density at radius 3 is 2.41 bits per heavy atom. The van der Waals surface area contributed by atoms with E-state index >= 15 is 0 Å². The lowest BCUT2D eigenvalue weighted by atomic mass is 9.99. The Morgan fingerprint density at radius 2 is 1.76 bits per heavy atom. The molecule has 0 aromatic heterocycles. The van der Waals surface area contributed by atoms with Gasteiger partial charge in [-0.05, 0) is 61.5 Å². The number of carbonyl (C=O) groups is 2. The van der Waals surface area contributed by atoms with Gasteiger partial charge in [0.2, 0.25) is 10.0 Å². The summed E-state index contributed by atoms with van der Waals surface area (Å²) in [6.45, 7) is 3.55. The summed E-state index contributed by atoms with van der Waals surface area (Å²) in [5.74, 6) is -0.424. The summed E-state index contributed by atoms with van der Waals surface area (Å²) in [4.78, 5) is 27.9. The summed E-state index contributed by atoms with van der Waals surface area (Å²) in [6.07, 6.45) is -0.637. The minimum absolute atomic E-state index is 0.000581. The molecule has 0 bridgehead atoms. The maximum Gasteiger partial charge on any atom is 0.323 e. The van der Waals surface area contributed by atoms with Crippen LogP contribution in [0.15, 0.2) is 77.7 Å². The molecule has 0 saturated carbocycles. The number of carbonyl (C=O) groups excluding carboxylic acids is 2. The number of para-hydroxylation sites is 1. The van der Waals surface area contributed by atoms with Gasteiger partial charge in [0, 0.05) is 35.9 Å². The van der Waals surface area contributed by atoms with Crippen molar-refractivity contribution in [3.8, 4) is 5.75 Å². The number of ether oxygens (including phenoxy) is 1. The van der Waals surface area contributed by atoms with E-state index in [9.17, 15) is 23.1 Å². The van der Waals surface area contributed by atoms with Crippen LogP contribution in [0.5, 0.6) is 5.75 Å². The molecule has 41 heavy (non-hydrogen) atoms. The van der Waals surface area contributed by atoms with Gasteiger partial charge in [0.15, 0.2) is 0 Å². The number of anilines is 2. The Bertz CT molecular complexity index is 1490. The quantitative estimate of drug-likeness (QED) is 0.349. The van der Waals surface area contributed by atoms with Crippen molar-refractivity contribution in [2.24, 2.45) is 5.92 Å². The molecule has 1 aliphatic heterocycles. The first-order valence-corrected chi connectivity index (χ1v) is 14.9. The van der Waals surface area contributed by atoms with Crippen molar-refractivity contribution in [1.82, 2.24) is 9.21 Å². The topological polar surface area (TPSA) is 128 Å². The fourth-order valence-electron chi connectivity index (χ4n) is 4.47. The minimum atomic E-state index is -3.85. The second kappa shape index (κ2) is 12.9. The van der Waals surface area contributed by atoms with Gasteiger partial charge in [0.1, 0.15) is 11.9 Å². The van der Waals surface area contributed by atoms with Crippen molar-refractivity contribution in [3.05, 3.63) is 83.4 Å². The standard InChI is InChI=1S/C29H33ClN4O6S/c1-19-16-34(20(2)18-35)28(36)25-15-23(32-29(37)31-22-7-5-4-6-8-22)11-14-26(25)40-27(19)17-33(3)41(38,39)24-12-9-21(30)10-13-24/h4-15,19-20,27,35H,16-18H2,1-3H3,(H2,31,32,37)/t19-,20+,27-/m0/s1. The maximum atomic E-state index is 13.7. The third kappa shape index (κ3) is 7.17. The van der Waals surface area contributed by atoms with Crippen molar-refractivity contribution in [1.29, 1.82) is 0 Å². The van der Waals surface area contributed by atoms with E-state index in [1.165, 1.54) is 41.7 Å². The van der Waals surface area contributed by atoms with Gasteiger partial charge >= 0.3 is 6.03 Å². The van der Waals surface area contributed by atoms with E-state index < -0.39 is 28.2 Å². The number of aliphatic hydroxyl groups excluding tert-OH is 1. The van der Waals surface area contributed by atoms with Crippen molar-refractivity contribution < 1.29 is 27.9 Å². The number of halogens is 1. The lowest BCUT2D eigenvalue weighted by molar-refractivity contribution is 0.0387. The smallest absolute Gasteiger partial charge is 0.323 e. The lowest BCUT2D eigenvalue weighted by Gasteiger charge is -2.38. The molecule has 10 nitrogen and oxygen atoms in total. The van der Waals surface area contributed by atoms with Gasteiger partial charge in [-0.15, -0.1) is 0 Å². The summed E-state index contributed by atoms with van der Waals surface area (Å²) in [6, 6.07) is 18.5. The van der Waals surface area contributed by atoms with Crippen molar-refractivity contribution in [2.45, 2.75) is 30.9 Å². The highest BCUT2D eigenvalue weighted by Crippen LogP contribution is 2.31. The van der Waals surface area contributed by atoms with E-state index in [4.69, 9.17) is 16.3 Å². The van der Waals surface area contributed by atoms with E-state index in [-0.39, 0.29) is 47.7 Å². The van der Waals surface area contributed by atoms with Gasteiger partial charge in [-0.2, -0.15) is 4.31 Å². The molecule has 0 radical (unpaired) electrons. The van der Waals surface area contributed by atoms with E-state index in [2.05, 4.69) is 10.6 Å². The normalized spacial score (nSPS) is 18.1. The van der Waals surface area contributed by atoms with Crippen molar-refractivity contribution >= 4 is 44.9 Å². The maximum absolute atomic E-state index is 13.7. The Kier molecular flexibility index (Phi) is 9.54. The van der Waals surface area contributed by atoms with E-state index in [1.807, 2.05) is 13.0 Å². The Balaban J connectivity index is 1.61. The molecular formula is C29H33ClN4O6S. The molecule has 0 unspecified atom stereocenters. The molecule has 218 valence electrons. The summed E-state index contributed by atoms with van der Waals surface area (Å²) in [5.41, 5.74) is 1.15. The highest BCUT2D eigenvalue weighted by atomic mass is 35.5. The number of hydrogen-bond donors (Lipinski definition) is 3. The Labute approximate surface area is 244 Å². The van der Waals surface area contributed by atoms with Crippen molar-refractivity contribution in [3.63, 3.8) is 0 Å².